The zero-order valence-electron chi connectivity index (χ0n) is 8.64. The van der Waals surface area contributed by atoms with Gasteiger partial charge in [-0.25, -0.2) is 4.79 Å². The van der Waals surface area contributed by atoms with Gasteiger partial charge in [-0.05, 0) is 12.8 Å². The first kappa shape index (κ1) is 10.7. The maximum atomic E-state index is 11.9. The summed E-state index contributed by atoms with van der Waals surface area (Å²) in [5.74, 6) is -0.481. The molecule has 0 atom stereocenters. The van der Waals surface area contributed by atoms with Crippen LogP contribution < -0.4 is 5.48 Å². The number of nitrogens with one attached hydrogen (secondary N) is 1. The summed E-state index contributed by atoms with van der Waals surface area (Å²) in [6.07, 6.45) is 4.95. The standard InChI is InChI=1S/C10H12N2O4/c13-7-11-16-9(14)10(4-1-2-5-10)8-3-6-15-12-8/h3,6-7H,1-2,4-5H2,(H,11,13). The highest BCUT2D eigenvalue weighted by Crippen LogP contribution is 2.41. The number of carbonyl (C=O) groups excluding carboxylic acids is 2. The maximum Gasteiger partial charge on any atom is 0.344 e. The number of aromatic nitrogens is 1. The second-order valence-corrected chi connectivity index (χ2v) is 3.80. The van der Waals surface area contributed by atoms with E-state index in [2.05, 4.69) is 9.99 Å². The van der Waals surface area contributed by atoms with Crippen molar-refractivity contribution < 1.29 is 18.9 Å². The fourth-order valence-electron chi connectivity index (χ4n) is 2.18. The molecule has 1 fully saturated rings. The van der Waals surface area contributed by atoms with Crippen LogP contribution in [0.1, 0.15) is 31.4 Å². The van der Waals surface area contributed by atoms with Crippen LogP contribution >= 0.6 is 0 Å². The van der Waals surface area contributed by atoms with Crippen LogP contribution in [0.25, 0.3) is 0 Å². The van der Waals surface area contributed by atoms with Gasteiger partial charge in [0.2, 0.25) is 6.41 Å². The Morgan fingerprint density at radius 3 is 2.88 bits per heavy atom. The summed E-state index contributed by atoms with van der Waals surface area (Å²) in [5.41, 5.74) is 1.73. The van der Waals surface area contributed by atoms with Crippen LogP contribution in [-0.4, -0.2) is 17.5 Å². The summed E-state index contributed by atoms with van der Waals surface area (Å²) in [6.45, 7) is 0. The Bertz CT molecular complexity index is 368. The molecule has 1 aromatic rings. The third-order valence-electron chi connectivity index (χ3n) is 2.98. The van der Waals surface area contributed by atoms with Crippen molar-refractivity contribution in [2.75, 3.05) is 0 Å². The number of nitrogens with zero attached hydrogens (tertiary/aromatic N) is 1. The molecule has 0 unspecified atom stereocenters. The van der Waals surface area contributed by atoms with Gasteiger partial charge in [-0.15, -0.1) is 0 Å². The molecule has 0 saturated heterocycles. The van der Waals surface area contributed by atoms with E-state index in [1.54, 1.807) is 6.07 Å². The molecule has 1 aromatic heterocycles. The summed E-state index contributed by atoms with van der Waals surface area (Å²) < 4.78 is 4.76. The van der Waals surface area contributed by atoms with Gasteiger partial charge in [0.1, 0.15) is 17.4 Å². The summed E-state index contributed by atoms with van der Waals surface area (Å²) in [5, 5.41) is 3.81. The lowest BCUT2D eigenvalue weighted by molar-refractivity contribution is -0.161. The molecule has 1 amide bonds. The lowest BCUT2D eigenvalue weighted by Gasteiger charge is -2.22. The van der Waals surface area contributed by atoms with E-state index in [4.69, 9.17) is 4.52 Å². The Hall–Kier alpha value is -1.85. The average Bonchev–Trinajstić information content (AvgIpc) is 2.95. The first-order chi connectivity index (χ1) is 7.79. The van der Waals surface area contributed by atoms with Crippen molar-refractivity contribution in [3.05, 3.63) is 18.0 Å². The molecule has 1 saturated carbocycles. The number of hydrogen-bond donors (Lipinski definition) is 1. The molecule has 6 nitrogen and oxygen atoms in total. The number of hydroxylamine groups is 1. The minimum Gasteiger partial charge on any atom is -0.364 e. The van der Waals surface area contributed by atoms with Crippen LogP contribution in [0.4, 0.5) is 0 Å². The summed E-state index contributed by atoms with van der Waals surface area (Å²) >= 11 is 0. The SMILES string of the molecule is O=CNOC(=O)C1(c2ccon2)CCCC1. The fourth-order valence-corrected chi connectivity index (χ4v) is 2.18. The van der Waals surface area contributed by atoms with Gasteiger partial charge in [0, 0.05) is 6.07 Å². The summed E-state index contributed by atoms with van der Waals surface area (Å²) in [6, 6.07) is 1.66. The van der Waals surface area contributed by atoms with Gasteiger partial charge in [0.05, 0.1) is 0 Å². The van der Waals surface area contributed by atoms with Crippen molar-refractivity contribution in [2.24, 2.45) is 0 Å². The molecule has 0 bridgehead atoms. The van der Waals surface area contributed by atoms with Crippen LogP contribution in [0.15, 0.2) is 16.9 Å². The normalized spacial score (nSPS) is 18.0. The zero-order valence-corrected chi connectivity index (χ0v) is 8.64. The molecule has 86 valence electrons. The Labute approximate surface area is 91.9 Å². The average molecular weight is 224 g/mol. The summed E-state index contributed by atoms with van der Waals surface area (Å²) in [7, 11) is 0. The quantitative estimate of drug-likeness (QED) is 0.601. The molecular formula is C10H12N2O4. The fraction of sp³-hybridized carbons (Fsp3) is 0.500. The number of amides is 1. The van der Waals surface area contributed by atoms with Crippen molar-refractivity contribution in [3.63, 3.8) is 0 Å². The maximum absolute atomic E-state index is 11.9. The van der Waals surface area contributed by atoms with Gasteiger partial charge in [-0.3, -0.25) is 4.79 Å². The van der Waals surface area contributed by atoms with Crippen LogP contribution in [0.5, 0.6) is 0 Å². The zero-order chi connectivity index (χ0) is 11.4. The molecule has 1 N–H and O–H groups in total. The van der Waals surface area contributed by atoms with E-state index in [1.807, 2.05) is 5.48 Å². The molecule has 1 aliphatic rings. The van der Waals surface area contributed by atoms with Gasteiger partial charge >= 0.3 is 5.97 Å². The minimum atomic E-state index is -0.761. The van der Waals surface area contributed by atoms with E-state index in [9.17, 15) is 9.59 Å². The first-order valence-corrected chi connectivity index (χ1v) is 5.11. The van der Waals surface area contributed by atoms with E-state index >= 15 is 0 Å². The molecule has 6 heteroatoms. The van der Waals surface area contributed by atoms with Crippen molar-refractivity contribution in [3.8, 4) is 0 Å². The predicted molar refractivity (Wildman–Crippen MR) is 51.9 cm³/mol. The van der Waals surface area contributed by atoms with E-state index in [0.29, 0.717) is 24.9 Å². The van der Waals surface area contributed by atoms with Crippen LogP contribution in [0, 0.1) is 0 Å². The van der Waals surface area contributed by atoms with Crippen LogP contribution in [0.2, 0.25) is 0 Å². The second kappa shape index (κ2) is 4.34. The van der Waals surface area contributed by atoms with Gasteiger partial charge in [-0.1, -0.05) is 18.0 Å². The molecule has 16 heavy (non-hydrogen) atoms. The lowest BCUT2D eigenvalue weighted by Crippen LogP contribution is -2.38. The van der Waals surface area contributed by atoms with Crippen LogP contribution in [-0.2, 0) is 19.8 Å². The molecule has 1 heterocycles. The van der Waals surface area contributed by atoms with Gasteiger partial charge in [0.15, 0.2) is 0 Å². The largest absolute Gasteiger partial charge is 0.364 e. The molecule has 0 spiro atoms. The lowest BCUT2D eigenvalue weighted by atomic mass is 9.83. The van der Waals surface area contributed by atoms with E-state index in [1.165, 1.54) is 6.26 Å². The first-order valence-electron chi connectivity index (χ1n) is 5.11. The Kier molecular flexibility index (Phi) is 2.89. The second-order valence-electron chi connectivity index (χ2n) is 3.80. The Balaban J connectivity index is 2.22. The topological polar surface area (TPSA) is 81.4 Å². The highest BCUT2D eigenvalue weighted by atomic mass is 16.7. The third kappa shape index (κ3) is 1.66. The minimum absolute atomic E-state index is 0.323. The van der Waals surface area contributed by atoms with E-state index in [-0.39, 0.29) is 0 Å². The van der Waals surface area contributed by atoms with Crippen LogP contribution in [0.3, 0.4) is 0 Å². The third-order valence-corrected chi connectivity index (χ3v) is 2.98. The van der Waals surface area contributed by atoms with Crippen molar-refractivity contribution in [1.82, 2.24) is 10.6 Å². The number of rotatable bonds is 4. The smallest absolute Gasteiger partial charge is 0.344 e. The molecule has 0 aromatic carbocycles. The Morgan fingerprint density at radius 2 is 2.31 bits per heavy atom. The highest BCUT2D eigenvalue weighted by molar-refractivity contribution is 5.83. The molecule has 0 aliphatic heterocycles. The molecule has 1 aliphatic carbocycles. The van der Waals surface area contributed by atoms with Gasteiger partial charge in [0.25, 0.3) is 0 Å². The Morgan fingerprint density at radius 1 is 1.56 bits per heavy atom. The number of carbonyl (C=O) groups is 2. The van der Waals surface area contributed by atoms with Crippen molar-refractivity contribution in [1.29, 1.82) is 0 Å². The van der Waals surface area contributed by atoms with Crippen molar-refractivity contribution >= 4 is 12.4 Å². The monoisotopic (exact) mass is 224 g/mol. The van der Waals surface area contributed by atoms with Crippen molar-refractivity contribution in [2.45, 2.75) is 31.1 Å². The van der Waals surface area contributed by atoms with Gasteiger partial charge in [-0.2, -0.15) is 5.48 Å². The van der Waals surface area contributed by atoms with Gasteiger partial charge < -0.3 is 9.36 Å². The summed E-state index contributed by atoms with van der Waals surface area (Å²) in [4.78, 5) is 26.7. The van der Waals surface area contributed by atoms with E-state index < -0.39 is 11.4 Å². The molecule has 0 radical (unpaired) electrons. The molecular weight excluding hydrogens is 212 g/mol. The predicted octanol–water partition coefficient (Wildman–Crippen LogP) is 0.691. The molecule has 2 rings (SSSR count). The number of hydrogen-bond acceptors (Lipinski definition) is 5. The van der Waals surface area contributed by atoms with E-state index in [0.717, 1.165) is 12.8 Å². The highest BCUT2D eigenvalue weighted by Gasteiger charge is 2.46.